The van der Waals surface area contributed by atoms with Crippen LogP contribution in [0, 0.1) is 5.82 Å². The molecule has 12 heteroatoms. The first kappa shape index (κ1) is 30.1. The molecule has 1 fully saturated rings. The molecule has 0 radical (unpaired) electrons. The summed E-state index contributed by atoms with van der Waals surface area (Å²) in [6.45, 7) is 1.06. The number of hydrogen-bond acceptors (Lipinski definition) is 9. The van der Waals surface area contributed by atoms with Gasteiger partial charge in [-0.25, -0.2) is 14.4 Å². The molecular weight excluding hydrogens is 597 g/mol. The lowest BCUT2D eigenvalue weighted by molar-refractivity contribution is -0.122. The van der Waals surface area contributed by atoms with Crippen LogP contribution in [0.1, 0.15) is 24.0 Å². The molecule has 2 aromatic heterocycles. The zero-order valence-electron chi connectivity index (χ0n) is 25.1. The van der Waals surface area contributed by atoms with Crippen LogP contribution in [-0.4, -0.2) is 54.4 Å². The summed E-state index contributed by atoms with van der Waals surface area (Å²) in [5.74, 6) is 0.497. The van der Waals surface area contributed by atoms with E-state index in [9.17, 15) is 9.59 Å². The van der Waals surface area contributed by atoms with E-state index in [1.807, 2.05) is 35.2 Å². The third-order valence-electron chi connectivity index (χ3n) is 7.87. The number of thiazole rings is 1. The van der Waals surface area contributed by atoms with Crippen molar-refractivity contribution in [2.45, 2.75) is 32.0 Å². The fourth-order valence-electron chi connectivity index (χ4n) is 5.54. The van der Waals surface area contributed by atoms with E-state index in [1.165, 1.54) is 36.2 Å². The highest BCUT2D eigenvalue weighted by Crippen LogP contribution is 2.35. The molecule has 1 saturated heterocycles. The number of nitrogens with zero attached hydrogens (tertiary/aromatic N) is 4. The molecule has 1 aliphatic rings. The van der Waals surface area contributed by atoms with Gasteiger partial charge in [0.2, 0.25) is 5.91 Å². The quantitative estimate of drug-likeness (QED) is 0.230. The Morgan fingerprint density at radius 3 is 2.56 bits per heavy atom. The van der Waals surface area contributed by atoms with E-state index in [-0.39, 0.29) is 35.1 Å². The van der Waals surface area contributed by atoms with Gasteiger partial charge in [0.25, 0.3) is 5.56 Å². The van der Waals surface area contributed by atoms with Crippen molar-refractivity contribution < 1.29 is 23.4 Å². The maximum Gasteiger partial charge on any atom is 0.281 e. The van der Waals surface area contributed by atoms with Gasteiger partial charge in [-0.2, -0.15) is 0 Å². The van der Waals surface area contributed by atoms with E-state index in [4.69, 9.17) is 24.2 Å². The second kappa shape index (κ2) is 12.9. The number of fused-ring (bicyclic) bond motifs is 1. The molecule has 0 bridgehead atoms. The molecule has 5 aromatic rings. The molecule has 0 spiro atoms. The zero-order valence-corrected chi connectivity index (χ0v) is 25.9. The Kier molecular flexibility index (Phi) is 8.65. The standard InChI is InChI=1S/C33H32FN5O5S/c1-42-22-15-14-21(26(17-22)44-3)19-39-29(23-11-7-13-25(43-2)27(23)34)37-31-28(32(39)41)36-33(45-31)38-16-8-12-24(38)30(40)35-18-20-9-5-4-6-10-20/h4-7,9-11,13-15,17,24H,8,12,16,18-19H2,1-3H3,(H,35,40). The highest BCUT2D eigenvalue weighted by Gasteiger charge is 2.33. The Hall–Kier alpha value is -4.97. The summed E-state index contributed by atoms with van der Waals surface area (Å²) in [6, 6.07) is 19.3. The molecule has 0 saturated carbocycles. The zero-order chi connectivity index (χ0) is 31.5. The van der Waals surface area contributed by atoms with Crippen LogP contribution in [0.2, 0.25) is 0 Å². The normalized spacial score (nSPS) is 14.5. The Morgan fingerprint density at radius 2 is 1.80 bits per heavy atom. The van der Waals surface area contributed by atoms with Gasteiger partial charge in [-0.3, -0.25) is 14.2 Å². The van der Waals surface area contributed by atoms with Gasteiger partial charge in [0.1, 0.15) is 23.4 Å². The molecular formula is C33H32FN5O5S. The molecule has 1 aliphatic heterocycles. The fraction of sp³-hybridized carbons (Fsp3) is 0.273. The largest absolute Gasteiger partial charge is 0.497 e. The summed E-state index contributed by atoms with van der Waals surface area (Å²) < 4.78 is 33.2. The summed E-state index contributed by atoms with van der Waals surface area (Å²) in [7, 11) is 4.46. The van der Waals surface area contributed by atoms with Gasteiger partial charge in [-0.05, 0) is 42.7 Å². The number of benzene rings is 3. The number of methoxy groups -OCH3 is 3. The highest BCUT2D eigenvalue weighted by atomic mass is 32.1. The Labute approximate surface area is 263 Å². The SMILES string of the molecule is COc1ccc(Cn2c(-c3cccc(OC)c3F)nc3sc(N4CCCC4C(=O)NCc4ccccc4)nc3c2=O)c(OC)c1. The van der Waals surface area contributed by atoms with Crippen LogP contribution in [0.4, 0.5) is 9.52 Å². The third-order valence-corrected chi connectivity index (χ3v) is 8.85. The van der Waals surface area contributed by atoms with Crippen molar-refractivity contribution in [3.05, 3.63) is 94.0 Å². The first-order valence-electron chi connectivity index (χ1n) is 14.4. The predicted octanol–water partition coefficient (Wildman–Crippen LogP) is 5.02. The molecule has 45 heavy (non-hydrogen) atoms. The van der Waals surface area contributed by atoms with Gasteiger partial charge < -0.3 is 24.4 Å². The Bertz CT molecular complexity index is 1910. The lowest BCUT2D eigenvalue weighted by Gasteiger charge is -2.23. The highest BCUT2D eigenvalue weighted by molar-refractivity contribution is 7.21. The van der Waals surface area contributed by atoms with Crippen molar-refractivity contribution in [3.63, 3.8) is 0 Å². The van der Waals surface area contributed by atoms with Crippen molar-refractivity contribution in [1.82, 2.24) is 19.9 Å². The monoisotopic (exact) mass is 629 g/mol. The number of ether oxygens (including phenoxy) is 3. The maximum absolute atomic E-state index is 15.7. The molecule has 1 atom stereocenters. The number of amides is 1. The molecule has 3 aromatic carbocycles. The molecule has 10 nitrogen and oxygen atoms in total. The van der Waals surface area contributed by atoms with Crippen LogP contribution in [0.3, 0.4) is 0 Å². The van der Waals surface area contributed by atoms with Crippen LogP contribution >= 0.6 is 11.3 Å². The van der Waals surface area contributed by atoms with Gasteiger partial charge >= 0.3 is 0 Å². The van der Waals surface area contributed by atoms with Crippen LogP contribution in [0.5, 0.6) is 17.2 Å². The topological polar surface area (TPSA) is 108 Å². The minimum absolute atomic E-state index is 0.0295. The average Bonchev–Trinajstić information content (AvgIpc) is 3.73. The third kappa shape index (κ3) is 5.93. The lowest BCUT2D eigenvalue weighted by atomic mass is 10.1. The first-order chi connectivity index (χ1) is 21.9. The van der Waals surface area contributed by atoms with Crippen LogP contribution in [0.15, 0.2) is 71.5 Å². The fourth-order valence-corrected chi connectivity index (χ4v) is 6.54. The van der Waals surface area contributed by atoms with Gasteiger partial charge in [0.15, 0.2) is 27.0 Å². The summed E-state index contributed by atoms with van der Waals surface area (Å²) in [4.78, 5) is 39.2. The van der Waals surface area contributed by atoms with E-state index < -0.39 is 17.4 Å². The van der Waals surface area contributed by atoms with Crippen molar-refractivity contribution in [3.8, 4) is 28.6 Å². The smallest absolute Gasteiger partial charge is 0.281 e. The van der Waals surface area contributed by atoms with E-state index in [2.05, 4.69) is 5.32 Å². The Morgan fingerprint density at radius 1 is 1.00 bits per heavy atom. The van der Waals surface area contributed by atoms with E-state index in [1.54, 1.807) is 37.4 Å². The van der Waals surface area contributed by atoms with Crippen LogP contribution in [-0.2, 0) is 17.9 Å². The van der Waals surface area contributed by atoms with Gasteiger partial charge in [-0.1, -0.05) is 47.7 Å². The van der Waals surface area contributed by atoms with Crippen molar-refractivity contribution in [1.29, 1.82) is 0 Å². The second-order valence-electron chi connectivity index (χ2n) is 10.5. The van der Waals surface area contributed by atoms with Crippen molar-refractivity contribution in [2.24, 2.45) is 0 Å². The Balaban J connectivity index is 1.41. The molecule has 232 valence electrons. The number of anilines is 1. The molecule has 1 N–H and O–H groups in total. The van der Waals surface area contributed by atoms with Crippen molar-refractivity contribution >= 4 is 32.7 Å². The summed E-state index contributed by atoms with van der Waals surface area (Å²) >= 11 is 1.21. The number of halogens is 1. The minimum Gasteiger partial charge on any atom is -0.497 e. The van der Waals surface area contributed by atoms with E-state index in [0.29, 0.717) is 46.5 Å². The first-order valence-corrected chi connectivity index (χ1v) is 15.3. The van der Waals surface area contributed by atoms with E-state index in [0.717, 1.165) is 12.0 Å². The van der Waals surface area contributed by atoms with Crippen molar-refractivity contribution in [2.75, 3.05) is 32.8 Å². The van der Waals surface area contributed by atoms with Gasteiger partial charge in [0, 0.05) is 24.7 Å². The van der Waals surface area contributed by atoms with Gasteiger partial charge in [0.05, 0.1) is 33.4 Å². The van der Waals surface area contributed by atoms with Crippen LogP contribution in [0.25, 0.3) is 21.7 Å². The molecule has 1 unspecified atom stereocenters. The molecule has 3 heterocycles. The minimum atomic E-state index is -0.638. The van der Waals surface area contributed by atoms with E-state index >= 15 is 4.39 Å². The number of aromatic nitrogens is 3. The number of carbonyl (C=O) groups excluding carboxylic acids is 1. The average molecular weight is 630 g/mol. The van der Waals surface area contributed by atoms with Gasteiger partial charge in [-0.15, -0.1) is 0 Å². The maximum atomic E-state index is 15.7. The number of nitrogens with one attached hydrogen (secondary N) is 1. The number of hydrogen-bond donors (Lipinski definition) is 1. The molecule has 0 aliphatic carbocycles. The van der Waals surface area contributed by atoms with Crippen LogP contribution < -0.4 is 30.0 Å². The second-order valence-corrected chi connectivity index (χ2v) is 11.5. The lowest BCUT2D eigenvalue weighted by Crippen LogP contribution is -2.43. The predicted molar refractivity (Wildman–Crippen MR) is 171 cm³/mol. The number of rotatable bonds is 10. The number of carbonyl (C=O) groups is 1. The molecule has 6 rings (SSSR count). The summed E-state index contributed by atoms with van der Waals surface area (Å²) in [5.41, 5.74) is 1.48. The molecule has 1 amide bonds. The summed E-state index contributed by atoms with van der Waals surface area (Å²) in [5, 5.41) is 3.55. The summed E-state index contributed by atoms with van der Waals surface area (Å²) in [6.07, 6.45) is 1.46.